The van der Waals surface area contributed by atoms with Crippen LogP contribution in [0.25, 0.3) is 0 Å². The van der Waals surface area contributed by atoms with Crippen LogP contribution < -0.4 is 17.0 Å². The number of rotatable bonds is 15. The van der Waals surface area contributed by atoms with Gasteiger partial charge in [-0.15, -0.1) is 11.8 Å². The van der Waals surface area contributed by atoms with E-state index in [1.165, 1.54) is 27.1 Å². The summed E-state index contributed by atoms with van der Waals surface area (Å²) in [5.74, 6) is -0.227. The largest absolute Gasteiger partial charge is 0.479 e. The van der Waals surface area contributed by atoms with Crippen LogP contribution in [0.4, 0.5) is 0 Å². The molecule has 1 aliphatic rings. The van der Waals surface area contributed by atoms with Crippen LogP contribution in [0.5, 0.6) is 0 Å². The molecule has 0 saturated carbocycles. The van der Waals surface area contributed by atoms with Gasteiger partial charge in [-0.3, -0.25) is 13.9 Å². The van der Waals surface area contributed by atoms with Gasteiger partial charge in [0.25, 0.3) is 5.56 Å². The van der Waals surface area contributed by atoms with Crippen molar-refractivity contribution in [1.82, 2.24) is 9.13 Å². The van der Waals surface area contributed by atoms with Gasteiger partial charge in [0.1, 0.15) is 17.7 Å². The highest BCUT2D eigenvalue weighted by molar-refractivity contribution is 8.00. The van der Waals surface area contributed by atoms with Crippen molar-refractivity contribution in [2.45, 2.75) is 95.1 Å². The first-order valence-corrected chi connectivity index (χ1v) is 12.7. The summed E-state index contributed by atoms with van der Waals surface area (Å²) in [5.41, 5.74) is 5.11. The number of hydrogen-bond acceptors (Lipinski definition) is 8. The molecule has 1 aromatic rings. The third-order valence-electron chi connectivity index (χ3n) is 5.88. The first kappa shape index (κ1) is 27.6. The lowest BCUT2D eigenvalue weighted by Gasteiger charge is -2.17. The zero-order valence-corrected chi connectivity index (χ0v) is 20.0. The maximum absolute atomic E-state index is 12.9. The maximum atomic E-state index is 12.9. The number of aromatic nitrogens is 2. The lowest BCUT2D eigenvalue weighted by atomic mass is 10.1. The first-order chi connectivity index (χ1) is 15.8. The SMILES string of the molecule is Cc1cn([C@H]2C[C@H](O)[C@@H](CO)O2)c(=O)n(CCCCCCCCCCSC(N)C(=O)O)c1=O. The highest BCUT2D eigenvalue weighted by Crippen LogP contribution is 2.27. The highest BCUT2D eigenvalue weighted by atomic mass is 32.2. The van der Waals surface area contributed by atoms with Crippen molar-refractivity contribution in [3.63, 3.8) is 0 Å². The summed E-state index contributed by atoms with van der Waals surface area (Å²) in [6.07, 6.45) is 7.28. The number of unbranched alkanes of at least 4 members (excludes halogenated alkanes) is 7. The van der Waals surface area contributed by atoms with Gasteiger partial charge >= 0.3 is 11.7 Å². The number of carbonyl (C=O) groups is 1. The molecule has 11 heteroatoms. The summed E-state index contributed by atoms with van der Waals surface area (Å²) in [7, 11) is 0. The van der Waals surface area contributed by atoms with Gasteiger partial charge in [-0.2, -0.15) is 0 Å². The average molecular weight is 488 g/mol. The zero-order valence-electron chi connectivity index (χ0n) is 19.2. The first-order valence-electron chi connectivity index (χ1n) is 11.6. The second-order valence-electron chi connectivity index (χ2n) is 8.53. The van der Waals surface area contributed by atoms with Gasteiger partial charge in [0, 0.05) is 24.7 Å². The fraction of sp³-hybridized carbons (Fsp3) is 0.773. The molecule has 1 aromatic heterocycles. The van der Waals surface area contributed by atoms with Crippen molar-refractivity contribution in [3.05, 3.63) is 32.6 Å². The highest BCUT2D eigenvalue weighted by Gasteiger charge is 2.35. The summed E-state index contributed by atoms with van der Waals surface area (Å²) in [6, 6.07) is 0. The molecule has 0 bridgehead atoms. The number of aryl methyl sites for hydroxylation is 1. The Balaban J connectivity index is 1.71. The summed E-state index contributed by atoms with van der Waals surface area (Å²) in [6.45, 7) is 1.65. The summed E-state index contributed by atoms with van der Waals surface area (Å²) in [4.78, 5) is 36.0. The van der Waals surface area contributed by atoms with Gasteiger partial charge in [-0.1, -0.05) is 38.5 Å². The predicted molar refractivity (Wildman–Crippen MR) is 126 cm³/mol. The summed E-state index contributed by atoms with van der Waals surface area (Å²) < 4.78 is 8.16. The number of aliphatic hydroxyl groups is 2. The van der Waals surface area contributed by atoms with E-state index < -0.39 is 35.5 Å². The second kappa shape index (κ2) is 13.9. The van der Waals surface area contributed by atoms with E-state index in [0.717, 1.165) is 57.1 Å². The Labute approximate surface area is 197 Å². The molecule has 188 valence electrons. The van der Waals surface area contributed by atoms with E-state index in [9.17, 15) is 24.6 Å². The quantitative estimate of drug-likeness (QED) is 0.211. The van der Waals surface area contributed by atoms with Crippen LogP contribution in [0.2, 0.25) is 0 Å². The number of thioether (sulfide) groups is 1. The molecule has 0 amide bonds. The van der Waals surface area contributed by atoms with Crippen molar-refractivity contribution in [3.8, 4) is 0 Å². The Bertz CT molecular complexity index is 873. The third kappa shape index (κ3) is 8.25. The monoisotopic (exact) mass is 487 g/mol. The molecule has 0 radical (unpaired) electrons. The number of aliphatic hydroxyl groups excluding tert-OH is 2. The second-order valence-corrected chi connectivity index (χ2v) is 9.78. The fourth-order valence-corrected chi connectivity index (χ4v) is 4.69. The van der Waals surface area contributed by atoms with Gasteiger partial charge in [0.2, 0.25) is 0 Å². The van der Waals surface area contributed by atoms with Crippen molar-refractivity contribution >= 4 is 17.7 Å². The lowest BCUT2D eigenvalue weighted by molar-refractivity contribution is -0.136. The van der Waals surface area contributed by atoms with Gasteiger partial charge in [0.05, 0.1) is 12.7 Å². The number of ether oxygens (including phenoxy) is 1. The van der Waals surface area contributed by atoms with Crippen LogP contribution in [0.3, 0.4) is 0 Å². The van der Waals surface area contributed by atoms with Crippen LogP contribution in [0.15, 0.2) is 15.8 Å². The molecular weight excluding hydrogens is 450 g/mol. The van der Waals surface area contributed by atoms with Gasteiger partial charge < -0.3 is 25.8 Å². The lowest BCUT2D eigenvalue weighted by Crippen LogP contribution is -2.42. The number of hydrogen-bond donors (Lipinski definition) is 4. The smallest absolute Gasteiger partial charge is 0.333 e. The molecule has 1 saturated heterocycles. The zero-order chi connectivity index (χ0) is 24.4. The molecule has 10 nitrogen and oxygen atoms in total. The van der Waals surface area contributed by atoms with Crippen LogP contribution in [0.1, 0.15) is 69.6 Å². The Kier molecular flexibility index (Phi) is 11.6. The Morgan fingerprint density at radius 2 is 1.79 bits per heavy atom. The maximum Gasteiger partial charge on any atom is 0.333 e. The predicted octanol–water partition coefficient (Wildman–Crippen LogP) is 1.18. The Morgan fingerprint density at radius 3 is 2.36 bits per heavy atom. The number of aliphatic carboxylic acids is 1. The van der Waals surface area contributed by atoms with Crippen molar-refractivity contribution < 1.29 is 24.9 Å². The summed E-state index contributed by atoms with van der Waals surface area (Å²) in [5, 5.41) is 27.1. The molecule has 0 aromatic carbocycles. The minimum atomic E-state index is -0.979. The van der Waals surface area contributed by atoms with E-state index in [0.29, 0.717) is 12.1 Å². The minimum absolute atomic E-state index is 0.188. The standard InChI is InChI=1S/C22H37N3O7S/c1-15-13-25(18-12-16(27)17(14-26)32-18)22(31)24(20(15)28)10-8-6-4-2-3-5-7-9-11-33-19(23)21(29)30/h13,16-19,26-27H,2-12,14,23H2,1H3,(H,29,30)/t16-,17+,18+,19?/m0/s1. The number of nitrogens with zero attached hydrogens (tertiary/aromatic N) is 2. The molecular formula is C22H37N3O7S. The molecule has 33 heavy (non-hydrogen) atoms. The molecule has 1 unspecified atom stereocenters. The normalized spacial score (nSPS) is 21.4. The van der Waals surface area contributed by atoms with E-state index in [1.54, 1.807) is 6.92 Å². The number of carboxylic acids is 1. The van der Waals surface area contributed by atoms with Crippen LogP contribution in [-0.2, 0) is 16.1 Å². The van der Waals surface area contributed by atoms with E-state index in [4.69, 9.17) is 15.6 Å². The van der Waals surface area contributed by atoms with Crippen molar-refractivity contribution in [1.29, 1.82) is 0 Å². The van der Waals surface area contributed by atoms with Crippen molar-refractivity contribution in [2.24, 2.45) is 5.73 Å². The molecule has 2 heterocycles. The molecule has 5 N–H and O–H groups in total. The van der Waals surface area contributed by atoms with Crippen molar-refractivity contribution in [2.75, 3.05) is 12.4 Å². The molecule has 4 atom stereocenters. The molecule has 0 aliphatic carbocycles. The Hall–Kier alpha value is -1.66. The van der Waals surface area contributed by atoms with Crippen LogP contribution >= 0.6 is 11.8 Å². The summed E-state index contributed by atoms with van der Waals surface area (Å²) >= 11 is 1.26. The number of nitrogens with two attached hydrogens (primary N) is 1. The van der Waals surface area contributed by atoms with Gasteiger partial charge in [-0.25, -0.2) is 9.59 Å². The van der Waals surface area contributed by atoms with E-state index in [1.807, 2.05) is 0 Å². The Morgan fingerprint density at radius 1 is 1.18 bits per heavy atom. The van der Waals surface area contributed by atoms with Crippen LogP contribution in [-0.4, -0.2) is 60.4 Å². The van der Waals surface area contributed by atoms with Gasteiger partial charge in [0.15, 0.2) is 0 Å². The van der Waals surface area contributed by atoms with Crippen LogP contribution in [0, 0.1) is 6.92 Å². The number of carboxylic acid groups (broad SMARTS) is 1. The molecule has 1 aliphatic heterocycles. The van der Waals surface area contributed by atoms with Gasteiger partial charge in [-0.05, 0) is 25.5 Å². The fourth-order valence-electron chi connectivity index (χ4n) is 3.93. The minimum Gasteiger partial charge on any atom is -0.479 e. The molecule has 2 rings (SSSR count). The van der Waals surface area contributed by atoms with E-state index >= 15 is 0 Å². The third-order valence-corrected chi connectivity index (χ3v) is 6.96. The van der Waals surface area contributed by atoms with E-state index in [2.05, 4.69) is 0 Å². The van der Waals surface area contributed by atoms with E-state index in [-0.39, 0.29) is 18.6 Å². The topological polar surface area (TPSA) is 157 Å². The average Bonchev–Trinajstić information content (AvgIpc) is 3.16. The molecule has 1 fully saturated rings. The molecule has 0 spiro atoms.